The number of phenols is 1. The molecule has 1 heterocycles. The first-order valence-electron chi connectivity index (χ1n) is 8.48. The molecule has 2 rings (SSSR count). The smallest absolute Gasteiger partial charge is 0.226 e. The van der Waals surface area contributed by atoms with Gasteiger partial charge in [-0.15, -0.1) is 0 Å². The van der Waals surface area contributed by atoms with E-state index in [4.69, 9.17) is 9.47 Å². The van der Waals surface area contributed by atoms with Crippen molar-refractivity contribution < 1.29 is 14.6 Å². The lowest BCUT2D eigenvalue weighted by atomic mass is 10.1. The molecule has 130 valence electrons. The SMILES string of the molecule is CCC(CC)Oc1cc(C)nc(Oc2c(C)cc(O)cc2C)c1C. The van der Waals surface area contributed by atoms with Crippen LogP contribution in [0, 0.1) is 27.7 Å². The number of aryl methyl sites for hydroxylation is 3. The van der Waals surface area contributed by atoms with E-state index in [-0.39, 0.29) is 11.9 Å². The van der Waals surface area contributed by atoms with Crippen LogP contribution in [-0.4, -0.2) is 16.2 Å². The van der Waals surface area contributed by atoms with E-state index in [1.165, 1.54) is 0 Å². The third-order valence-electron chi connectivity index (χ3n) is 4.16. The van der Waals surface area contributed by atoms with Gasteiger partial charge < -0.3 is 14.6 Å². The minimum absolute atomic E-state index is 0.190. The van der Waals surface area contributed by atoms with Crippen molar-refractivity contribution in [1.29, 1.82) is 0 Å². The van der Waals surface area contributed by atoms with Gasteiger partial charge in [-0.1, -0.05) is 13.8 Å². The number of rotatable bonds is 6. The zero-order chi connectivity index (χ0) is 17.9. The number of pyridine rings is 1. The first-order chi connectivity index (χ1) is 11.3. The van der Waals surface area contributed by atoms with Crippen LogP contribution in [0.15, 0.2) is 18.2 Å². The van der Waals surface area contributed by atoms with E-state index < -0.39 is 0 Å². The van der Waals surface area contributed by atoms with Crippen molar-refractivity contribution in [3.63, 3.8) is 0 Å². The molecule has 1 aromatic carbocycles. The quantitative estimate of drug-likeness (QED) is 0.773. The predicted octanol–water partition coefficient (Wildman–Crippen LogP) is 5.38. The Bertz CT molecular complexity index is 698. The van der Waals surface area contributed by atoms with Crippen molar-refractivity contribution in [2.75, 3.05) is 0 Å². The first-order valence-corrected chi connectivity index (χ1v) is 8.48. The molecule has 0 fully saturated rings. The van der Waals surface area contributed by atoms with Crippen molar-refractivity contribution in [1.82, 2.24) is 4.98 Å². The van der Waals surface area contributed by atoms with Crippen LogP contribution in [0.2, 0.25) is 0 Å². The highest BCUT2D eigenvalue weighted by Crippen LogP contribution is 2.35. The molecule has 0 aliphatic heterocycles. The Morgan fingerprint density at radius 3 is 2.12 bits per heavy atom. The molecular weight excluding hydrogens is 302 g/mol. The van der Waals surface area contributed by atoms with E-state index in [0.717, 1.165) is 46.7 Å². The van der Waals surface area contributed by atoms with E-state index in [1.54, 1.807) is 12.1 Å². The minimum atomic E-state index is 0.190. The normalized spacial score (nSPS) is 11.0. The molecule has 0 radical (unpaired) electrons. The van der Waals surface area contributed by atoms with E-state index in [9.17, 15) is 5.11 Å². The molecule has 0 unspecified atom stereocenters. The van der Waals surface area contributed by atoms with Gasteiger partial charge in [-0.3, -0.25) is 0 Å². The molecule has 0 aliphatic carbocycles. The number of phenolic OH excluding ortho intramolecular Hbond substituents is 1. The van der Waals surface area contributed by atoms with Gasteiger partial charge in [0.25, 0.3) is 0 Å². The van der Waals surface area contributed by atoms with Crippen molar-refractivity contribution >= 4 is 0 Å². The highest BCUT2D eigenvalue weighted by atomic mass is 16.5. The summed E-state index contributed by atoms with van der Waals surface area (Å²) in [6.07, 6.45) is 2.11. The molecule has 1 N–H and O–H groups in total. The Kier molecular flexibility index (Phi) is 5.71. The van der Waals surface area contributed by atoms with Crippen LogP contribution in [-0.2, 0) is 0 Å². The number of benzene rings is 1. The monoisotopic (exact) mass is 329 g/mol. The van der Waals surface area contributed by atoms with E-state index in [0.29, 0.717) is 5.88 Å². The fourth-order valence-corrected chi connectivity index (χ4v) is 2.72. The second-order valence-corrected chi connectivity index (χ2v) is 6.26. The van der Waals surface area contributed by atoms with Crippen LogP contribution in [0.25, 0.3) is 0 Å². The van der Waals surface area contributed by atoms with Gasteiger partial charge in [-0.25, -0.2) is 4.98 Å². The number of nitrogens with zero attached hydrogens (tertiary/aromatic N) is 1. The van der Waals surface area contributed by atoms with Crippen molar-refractivity contribution in [2.45, 2.75) is 60.5 Å². The summed E-state index contributed by atoms with van der Waals surface area (Å²) in [4.78, 5) is 4.53. The molecule has 24 heavy (non-hydrogen) atoms. The maximum Gasteiger partial charge on any atom is 0.226 e. The minimum Gasteiger partial charge on any atom is -0.508 e. The van der Waals surface area contributed by atoms with Gasteiger partial charge >= 0.3 is 0 Å². The van der Waals surface area contributed by atoms with Crippen LogP contribution < -0.4 is 9.47 Å². The molecule has 4 heteroatoms. The molecule has 2 aromatic rings. The summed E-state index contributed by atoms with van der Waals surface area (Å²) in [5.41, 5.74) is 3.49. The maximum atomic E-state index is 9.69. The second-order valence-electron chi connectivity index (χ2n) is 6.26. The van der Waals surface area contributed by atoms with Gasteiger partial charge in [0, 0.05) is 11.8 Å². The summed E-state index contributed by atoms with van der Waals surface area (Å²) in [5, 5.41) is 9.69. The highest BCUT2D eigenvalue weighted by Gasteiger charge is 2.16. The lowest BCUT2D eigenvalue weighted by Crippen LogP contribution is -2.15. The van der Waals surface area contributed by atoms with Gasteiger partial charge in [-0.2, -0.15) is 0 Å². The average Bonchev–Trinajstić information content (AvgIpc) is 2.52. The zero-order valence-corrected chi connectivity index (χ0v) is 15.4. The maximum absolute atomic E-state index is 9.69. The summed E-state index contributed by atoms with van der Waals surface area (Å²) in [6, 6.07) is 5.33. The largest absolute Gasteiger partial charge is 0.508 e. The van der Waals surface area contributed by atoms with Gasteiger partial charge in [0.15, 0.2) is 0 Å². The Morgan fingerprint density at radius 2 is 1.58 bits per heavy atom. The van der Waals surface area contributed by atoms with Crippen LogP contribution in [0.5, 0.6) is 23.1 Å². The number of ether oxygens (including phenoxy) is 2. The van der Waals surface area contributed by atoms with E-state index in [1.807, 2.05) is 33.8 Å². The van der Waals surface area contributed by atoms with Gasteiger partial charge in [0.2, 0.25) is 5.88 Å². The zero-order valence-electron chi connectivity index (χ0n) is 15.4. The summed E-state index contributed by atoms with van der Waals surface area (Å²) in [6.45, 7) is 12.0. The standard InChI is InChI=1S/C20H27NO3/c1-7-17(8-2)23-18-11-14(5)21-20(15(18)6)24-19-12(3)9-16(22)10-13(19)4/h9-11,17,22H,7-8H2,1-6H3. The second kappa shape index (κ2) is 7.56. The first kappa shape index (κ1) is 18.1. The summed E-state index contributed by atoms with van der Waals surface area (Å²) >= 11 is 0. The summed E-state index contributed by atoms with van der Waals surface area (Å²) < 4.78 is 12.2. The van der Waals surface area contributed by atoms with Crippen LogP contribution in [0.4, 0.5) is 0 Å². The Morgan fingerprint density at radius 1 is 1.00 bits per heavy atom. The highest BCUT2D eigenvalue weighted by molar-refractivity contribution is 5.49. The van der Waals surface area contributed by atoms with Crippen molar-refractivity contribution in [3.05, 3.63) is 40.6 Å². The summed E-state index contributed by atoms with van der Waals surface area (Å²) in [7, 11) is 0. The van der Waals surface area contributed by atoms with Crippen LogP contribution in [0.3, 0.4) is 0 Å². The van der Waals surface area contributed by atoms with E-state index in [2.05, 4.69) is 18.8 Å². The summed E-state index contributed by atoms with van der Waals surface area (Å²) in [5.74, 6) is 2.33. The van der Waals surface area contributed by atoms with Gasteiger partial charge in [0.1, 0.15) is 17.2 Å². The lowest BCUT2D eigenvalue weighted by molar-refractivity contribution is 0.190. The predicted molar refractivity (Wildman–Crippen MR) is 96.4 cm³/mol. The molecule has 0 bridgehead atoms. The number of aromatic nitrogens is 1. The molecule has 0 aliphatic rings. The molecule has 0 spiro atoms. The molecular formula is C20H27NO3. The van der Waals surface area contributed by atoms with Crippen molar-refractivity contribution in [2.24, 2.45) is 0 Å². The molecule has 4 nitrogen and oxygen atoms in total. The molecule has 1 aromatic heterocycles. The van der Waals surface area contributed by atoms with Crippen molar-refractivity contribution in [3.8, 4) is 23.1 Å². The lowest BCUT2D eigenvalue weighted by Gasteiger charge is -2.20. The fraction of sp³-hybridized carbons (Fsp3) is 0.450. The van der Waals surface area contributed by atoms with Crippen LogP contribution in [0.1, 0.15) is 49.1 Å². The fourth-order valence-electron chi connectivity index (χ4n) is 2.72. The number of hydrogen-bond acceptors (Lipinski definition) is 4. The Balaban J connectivity index is 2.39. The van der Waals surface area contributed by atoms with Gasteiger partial charge in [0.05, 0.1) is 11.7 Å². The van der Waals surface area contributed by atoms with Gasteiger partial charge in [-0.05, 0) is 63.8 Å². The number of hydrogen-bond donors (Lipinski definition) is 1. The molecule has 0 saturated heterocycles. The topological polar surface area (TPSA) is 51.6 Å². The third kappa shape index (κ3) is 3.99. The van der Waals surface area contributed by atoms with Crippen LogP contribution >= 0.6 is 0 Å². The molecule has 0 amide bonds. The number of aromatic hydroxyl groups is 1. The van der Waals surface area contributed by atoms with E-state index >= 15 is 0 Å². The third-order valence-corrected chi connectivity index (χ3v) is 4.16. The Labute approximate surface area is 144 Å². The Hall–Kier alpha value is -2.23. The molecule has 0 atom stereocenters. The average molecular weight is 329 g/mol. The molecule has 0 saturated carbocycles.